The number of nitrogens with zero attached hydrogens (tertiary/aromatic N) is 2. The Morgan fingerprint density at radius 1 is 1.24 bits per heavy atom. The highest BCUT2D eigenvalue weighted by atomic mass is 35.5. The zero-order chi connectivity index (χ0) is 18.0. The average molecular weight is 382 g/mol. The third-order valence-corrected chi connectivity index (χ3v) is 5.51. The minimum absolute atomic E-state index is 0.0666. The number of benzene rings is 1. The van der Waals surface area contributed by atoms with Crippen molar-refractivity contribution in [3.05, 3.63) is 53.3 Å². The van der Waals surface area contributed by atoms with Crippen LogP contribution in [0, 0.1) is 6.92 Å². The van der Waals surface area contributed by atoms with Gasteiger partial charge in [-0.3, -0.25) is 4.55 Å². The molecule has 1 aromatic carbocycles. The highest BCUT2D eigenvalue weighted by Crippen LogP contribution is 2.29. The lowest BCUT2D eigenvalue weighted by atomic mass is 10.2. The predicted molar refractivity (Wildman–Crippen MR) is 97.8 cm³/mol. The van der Waals surface area contributed by atoms with Gasteiger partial charge in [-0.1, -0.05) is 29.3 Å². The summed E-state index contributed by atoms with van der Waals surface area (Å²) in [5.41, 5.74) is 2.15. The highest BCUT2D eigenvalue weighted by Gasteiger charge is 2.37. The Labute approximate surface area is 152 Å². The van der Waals surface area contributed by atoms with Gasteiger partial charge in [0.05, 0.1) is 16.8 Å². The monoisotopic (exact) mass is 381 g/mol. The number of anilines is 1. The summed E-state index contributed by atoms with van der Waals surface area (Å²) in [6, 6.07) is 11.2. The van der Waals surface area contributed by atoms with E-state index in [1.54, 1.807) is 12.1 Å². The van der Waals surface area contributed by atoms with Crippen LogP contribution in [-0.4, -0.2) is 43.1 Å². The predicted octanol–water partition coefficient (Wildman–Crippen LogP) is 2.53. The molecule has 8 heteroatoms. The second-order valence-corrected chi connectivity index (χ2v) is 8.08. The van der Waals surface area contributed by atoms with Crippen molar-refractivity contribution < 1.29 is 13.0 Å². The molecular formula is C17H20ClN3O3S. The summed E-state index contributed by atoms with van der Waals surface area (Å²) >= 11 is 5.76. The highest BCUT2D eigenvalue weighted by molar-refractivity contribution is 7.85. The second kappa shape index (κ2) is 7.29. The minimum Gasteiger partial charge on any atom is -0.364 e. The lowest BCUT2D eigenvalue weighted by Gasteiger charge is -2.29. The molecular weight excluding hydrogens is 362 g/mol. The van der Waals surface area contributed by atoms with Crippen LogP contribution in [0.1, 0.15) is 12.0 Å². The number of fused-ring (bicyclic) bond motifs is 2. The first-order valence-electron chi connectivity index (χ1n) is 7.98. The van der Waals surface area contributed by atoms with Gasteiger partial charge in [0, 0.05) is 25.2 Å². The van der Waals surface area contributed by atoms with Crippen LogP contribution >= 0.6 is 11.6 Å². The molecule has 2 N–H and O–H groups in total. The van der Waals surface area contributed by atoms with Gasteiger partial charge >= 0.3 is 0 Å². The van der Waals surface area contributed by atoms with Gasteiger partial charge in [0.15, 0.2) is 0 Å². The molecule has 0 unspecified atom stereocenters. The SMILES string of the molecule is Cc1ccc(S(=O)(=O)O)cc1.Clc1ccc(N2C[C@H]3C[C@@H]2CN3)cn1. The Hall–Kier alpha value is -1.67. The Bertz CT molecular complexity index is 825. The van der Waals surface area contributed by atoms with Gasteiger partial charge in [0.2, 0.25) is 0 Å². The summed E-state index contributed by atoms with van der Waals surface area (Å²) in [7, 11) is -4.02. The summed E-state index contributed by atoms with van der Waals surface area (Å²) in [5, 5.41) is 4.04. The largest absolute Gasteiger partial charge is 0.364 e. The van der Waals surface area contributed by atoms with E-state index in [4.69, 9.17) is 16.2 Å². The third kappa shape index (κ3) is 4.49. The second-order valence-electron chi connectivity index (χ2n) is 6.27. The van der Waals surface area contributed by atoms with E-state index in [0.29, 0.717) is 17.2 Å². The number of rotatable bonds is 2. The van der Waals surface area contributed by atoms with E-state index in [2.05, 4.69) is 21.3 Å². The topological polar surface area (TPSA) is 82.5 Å². The molecule has 2 aliphatic rings. The van der Waals surface area contributed by atoms with Crippen molar-refractivity contribution in [1.82, 2.24) is 10.3 Å². The van der Waals surface area contributed by atoms with Crippen molar-refractivity contribution in [3.63, 3.8) is 0 Å². The number of pyridine rings is 1. The summed E-state index contributed by atoms with van der Waals surface area (Å²) in [6.45, 7) is 4.05. The summed E-state index contributed by atoms with van der Waals surface area (Å²) < 4.78 is 29.6. The minimum atomic E-state index is -4.02. The van der Waals surface area contributed by atoms with Gasteiger partial charge in [0.25, 0.3) is 10.1 Å². The summed E-state index contributed by atoms with van der Waals surface area (Å²) in [6.07, 6.45) is 3.13. The molecule has 2 fully saturated rings. The Morgan fingerprint density at radius 2 is 1.96 bits per heavy atom. The van der Waals surface area contributed by atoms with E-state index in [9.17, 15) is 8.42 Å². The van der Waals surface area contributed by atoms with Crippen molar-refractivity contribution in [2.75, 3.05) is 18.0 Å². The normalized spacial score (nSPS) is 21.8. The van der Waals surface area contributed by atoms with E-state index < -0.39 is 10.1 Å². The fraction of sp³-hybridized carbons (Fsp3) is 0.353. The van der Waals surface area contributed by atoms with E-state index in [0.717, 1.165) is 18.7 Å². The quantitative estimate of drug-likeness (QED) is 0.614. The maximum Gasteiger partial charge on any atom is 0.294 e. The Kier molecular flexibility index (Phi) is 5.29. The molecule has 0 radical (unpaired) electrons. The Balaban J connectivity index is 0.000000151. The van der Waals surface area contributed by atoms with Gasteiger partial charge in [0.1, 0.15) is 5.15 Å². The maximum absolute atomic E-state index is 10.5. The van der Waals surface area contributed by atoms with Gasteiger partial charge in [-0.2, -0.15) is 8.42 Å². The smallest absolute Gasteiger partial charge is 0.294 e. The molecule has 2 saturated heterocycles. The lowest BCUT2D eigenvalue weighted by Crippen LogP contribution is -2.43. The van der Waals surface area contributed by atoms with E-state index in [-0.39, 0.29) is 4.90 Å². The molecule has 6 nitrogen and oxygen atoms in total. The molecule has 0 spiro atoms. The number of aryl methyl sites for hydroxylation is 1. The van der Waals surface area contributed by atoms with Crippen LogP contribution in [0.2, 0.25) is 5.15 Å². The number of nitrogens with one attached hydrogen (secondary N) is 1. The van der Waals surface area contributed by atoms with Crippen molar-refractivity contribution in [1.29, 1.82) is 0 Å². The average Bonchev–Trinajstić information content (AvgIpc) is 3.19. The zero-order valence-corrected chi connectivity index (χ0v) is 15.3. The molecule has 2 aromatic rings. The molecule has 2 atom stereocenters. The van der Waals surface area contributed by atoms with Crippen LogP contribution in [-0.2, 0) is 10.1 Å². The molecule has 25 heavy (non-hydrogen) atoms. The van der Waals surface area contributed by atoms with Crippen molar-refractivity contribution >= 4 is 27.4 Å². The fourth-order valence-corrected chi connectivity index (χ4v) is 3.72. The summed E-state index contributed by atoms with van der Waals surface area (Å²) in [5.74, 6) is 0. The molecule has 2 bridgehead atoms. The number of piperazine rings is 1. The van der Waals surface area contributed by atoms with E-state index in [1.807, 2.05) is 19.2 Å². The zero-order valence-electron chi connectivity index (χ0n) is 13.8. The van der Waals surface area contributed by atoms with Crippen LogP contribution < -0.4 is 10.2 Å². The third-order valence-electron chi connectivity index (χ3n) is 4.42. The van der Waals surface area contributed by atoms with Crippen molar-refractivity contribution in [3.8, 4) is 0 Å². The number of halogens is 1. The van der Waals surface area contributed by atoms with Crippen molar-refractivity contribution in [2.24, 2.45) is 0 Å². The van der Waals surface area contributed by atoms with Gasteiger partial charge in [-0.25, -0.2) is 4.98 Å². The molecule has 1 aromatic heterocycles. The lowest BCUT2D eigenvalue weighted by molar-refractivity contribution is 0.483. The van der Waals surface area contributed by atoms with Crippen LogP contribution in [0.4, 0.5) is 5.69 Å². The van der Waals surface area contributed by atoms with Crippen LogP contribution in [0.3, 0.4) is 0 Å². The Morgan fingerprint density at radius 3 is 2.44 bits per heavy atom. The molecule has 0 amide bonds. The molecule has 4 rings (SSSR count). The molecule has 3 heterocycles. The first-order chi connectivity index (χ1) is 11.8. The number of aromatic nitrogens is 1. The first-order valence-corrected chi connectivity index (χ1v) is 9.80. The fourth-order valence-electron chi connectivity index (χ4n) is 3.13. The molecule has 134 valence electrons. The molecule has 0 saturated carbocycles. The number of hydrogen-bond donors (Lipinski definition) is 2. The van der Waals surface area contributed by atoms with Gasteiger partial charge in [-0.15, -0.1) is 0 Å². The standard InChI is InChI=1S/C10H12ClN3.C7H8O3S/c11-10-2-1-8(4-13-10)14-6-7-3-9(14)5-12-7;1-6-2-4-7(5-3-6)11(8,9)10/h1-2,4,7,9,12H,3,5-6H2;2-5H,1H3,(H,8,9,10)/t7-,9-;/m1./s1. The van der Waals surface area contributed by atoms with Gasteiger partial charge in [-0.05, 0) is 37.6 Å². The number of hydrogen-bond acceptors (Lipinski definition) is 5. The van der Waals surface area contributed by atoms with Crippen LogP contribution in [0.5, 0.6) is 0 Å². The van der Waals surface area contributed by atoms with Crippen LogP contribution in [0.15, 0.2) is 47.5 Å². The molecule has 0 aliphatic carbocycles. The van der Waals surface area contributed by atoms with Crippen molar-refractivity contribution in [2.45, 2.75) is 30.3 Å². The molecule has 2 aliphatic heterocycles. The van der Waals surface area contributed by atoms with E-state index >= 15 is 0 Å². The van der Waals surface area contributed by atoms with E-state index in [1.165, 1.54) is 24.2 Å². The first kappa shape index (κ1) is 18.1. The maximum atomic E-state index is 10.5. The van der Waals surface area contributed by atoms with Crippen LogP contribution in [0.25, 0.3) is 0 Å². The summed E-state index contributed by atoms with van der Waals surface area (Å²) in [4.78, 5) is 6.47. The van der Waals surface area contributed by atoms with Gasteiger partial charge < -0.3 is 10.2 Å².